The van der Waals surface area contributed by atoms with Crippen molar-refractivity contribution in [2.45, 2.75) is 99.3 Å². The summed E-state index contributed by atoms with van der Waals surface area (Å²) < 4.78 is 305. The second-order valence-corrected chi connectivity index (χ2v) is 24.2. The molecule has 668 valence electrons. The monoisotopic (exact) mass is 1850 g/mol. The highest BCUT2D eigenvalue weighted by molar-refractivity contribution is 6.18. The lowest BCUT2D eigenvalue weighted by Gasteiger charge is -2.09. The van der Waals surface area contributed by atoms with Crippen LogP contribution in [0.1, 0.15) is 155 Å². The Hall–Kier alpha value is -19.4. The Morgan fingerprint density at radius 2 is 0.368 bits per heavy atom. The first kappa shape index (κ1) is 108. The summed E-state index contributed by atoms with van der Waals surface area (Å²) in [5.74, 6) is -42.0. The minimum Gasteiger partial charge on any atom is -0.230 e. The fourth-order valence-corrected chi connectivity index (χ4v) is 9.36. The van der Waals surface area contributed by atoms with Crippen LogP contribution in [-0.2, 0) is 19.3 Å². The van der Waals surface area contributed by atoms with Crippen LogP contribution in [0.25, 0.3) is 66.2 Å². The van der Waals surface area contributed by atoms with Gasteiger partial charge in [0.25, 0.3) is 0 Å². The molecule has 1 aliphatic rings. The first-order valence-electron chi connectivity index (χ1n) is 36.4. The highest BCUT2D eigenvalue weighted by Gasteiger charge is 2.32. The number of fused-ring (bicyclic) bond motifs is 7. The van der Waals surface area contributed by atoms with E-state index in [9.17, 15) is 128 Å². The summed E-state index contributed by atoms with van der Waals surface area (Å²) in [5.41, 5.74) is -13.9. The first-order valence-corrected chi connectivity index (χ1v) is 35.4. The number of benzene rings is 7. The smallest absolute Gasteiger partial charge is 0.180 e. The highest BCUT2D eigenvalue weighted by Crippen LogP contribution is 2.33. The van der Waals surface area contributed by atoms with Crippen molar-refractivity contribution in [2.75, 3.05) is 0 Å². The lowest BCUT2D eigenvalue weighted by Crippen LogP contribution is -2.31. The molecule has 0 atom stereocenters. The minimum atomic E-state index is -2.23. The maximum atomic E-state index is 14.4. The summed E-state index contributed by atoms with van der Waals surface area (Å²) in [6, 6.07) is 26.1. The van der Waals surface area contributed by atoms with Gasteiger partial charge in [0.1, 0.15) is 187 Å². The molecule has 0 unspecified atom stereocenters. The molecule has 3 heterocycles. The van der Waals surface area contributed by atoms with Crippen molar-refractivity contribution in [1.29, 1.82) is 105 Å². The molecule has 1 aliphatic carbocycles. The standard InChI is InChI=1S/C18N12.C16F6N4.C12F4N4.3C9H2F4N2.C3H6.3C3H8.4H2/c19-1-7-8(2-20)26-14-13(25-7)15-17(29-10(4-22)9(3-21)27-15)18-16(14)28-11(5-23)12(6-24)30-18;17-11-7(5(1-23)2-24)13(19)15(21)10-9(11)16(22)14(20)8(12(10)18)6(3-25)4-26;13-9-7(5(1-17)2-18)10(14)12(16)8(11(9)15)6(3-19)4-20;3*10-6-4(1-2-14)7(11)9(13)5(3-15)8(6)12;1-2-3-1;3*1-3-2;;;;/h;;;3*1H2;1-3H2;3*3H2,1-2H3;4*1H/i;;;;;;;;;;1+1D;1+1;;. The Morgan fingerprint density at radius 3 is 0.489 bits per heavy atom. The summed E-state index contributed by atoms with van der Waals surface area (Å²) in [5, 5.41) is 164. The van der Waals surface area contributed by atoms with E-state index < -0.39 is 235 Å². The Bertz CT molecular complexity index is 6790. The largest absolute Gasteiger partial charge is 0.230 e. The summed E-state index contributed by atoms with van der Waals surface area (Å²) in [7, 11) is 0. The normalized spacial score (nSPS) is 9.65. The van der Waals surface area contributed by atoms with Gasteiger partial charge in [-0.3, -0.25) is 0 Å². The van der Waals surface area contributed by atoms with Crippen LogP contribution in [0.15, 0.2) is 0 Å². The molecule has 0 N–H and O–H groups in total. The number of nitriles is 20. The van der Waals surface area contributed by atoms with Crippen LogP contribution in [-0.4, -0.2) is 29.9 Å². The van der Waals surface area contributed by atoms with E-state index in [2.05, 4.69) is 71.4 Å². The molecular weight excluding hydrogens is 1800 g/mol. The predicted molar refractivity (Wildman–Crippen MR) is 412 cm³/mol. The van der Waals surface area contributed by atoms with E-state index in [0.29, 0.717) is 0 Å². The van der Waals surface area contributed by atoms with Gasteiger partial charge in [0.15, 0.2) is 151 Å². The summed E-state index contributed by atoms with van der Waals surface area (Å²) in [4.78, 5) is 24.7. The first-order chi connectivity index (χ1) is 64.2. The van der Waals surface area contributed by atoms with Gasteiger partial charge in [-0.25, -0.2) is 126 Å². The molecule has 26 nitrogen and oxygen atoms in total. The zero-order chi connectivity index (χ0) is 104. The molecule has 0 saturated heterocycles. The van der Waals surface area contributed by atoms with Gasteiger partial charge < -0.3 is 0 Å². The van der Waals surface area contributed by atoms with Gasteiger partial charge in [-0.05, 0) is 0 Å². The van der Waals surface area contributed by atoms with Crippen LogP contribution in [0, 0.1) is 355 Å². The molecule has 1 fully saturated rings. The van der Waals surface area contributed by atoms with Gasteiger partial charge >= 0.3 is 0 Å². The second kappa shape index (κ2) is 51.1. The molecule has 0 radical (unpaired) electrons. The summed E-state index contributed by atoms with van der Waals surface area (Å²) >= 11 is 0. The van der Waals surface area contributed by atoms with Crippen LogP contribution in [0.4, 0.5) is 96.6 Å². The topological polar surface area (TPSA) is 553 Å². The van der Waals surface area contributed by atoms with Gasteiger partial charge in [-0.1, -0.05) is 80.1 Å². The van der Waals surface area contributed by atoms with Gasteiger partial charge in [-0.2, -0.15) is 105 Å². The molecule has 10 aromatic rings. The maximum Gasteiger partial charge on any atom is 0.180 e. The van der Waals surface area contributed by atoms with Gasteiger partial charge in [0.05, 0.1) is 69.1 Å². The van der Waals surface area contributed by atoms with Crippen LogP contribution >= 0.6 is 0 Å². The van der Waals surface area contributed by atoms with Crippen molar-refractivity contribution in [3.63, 3.8) is 0 Å². The van der Waals surface area contributed by atoms with Crippen molar-refractivity contribution >= 4 is 66.2 Å². The number of nitrogens with zero attached hydrogens (tertiary/aromatic N) is 26. The Morgan fingerprint density at radius 1 is 0.226 bits per heavy atom. The van der Waals surface area contributed by atoms with Gasteiger partial charge in [-0.15, -0.1) is 0 Å². The maximum absolute atomic E-state index is 14.4. The van der Waals surface area contributed by atoms with E-state index in [1.807, 2.05) is 0 Å². The second-order valence-electron chi connectivity index (χ2n) is 24.2. The molecule has 7 aromatic carbocycles. The molecule has 0 amide bonds. The fraction of sp³-hybridized carbons (Fsp3) is 0.176. The van der Waals surface area contributed by atoms with Crippen LogP contribution in [0.2, 0.25) is 0 Å². The zero-order valence-electron chi connectivity index (χ0n) is 69.3. The highest BCUT2D eigenvalue weighted by atomic mass is 19.2. The average molecular weight is 1850 g/mol. The molecule has 11 rings (SSSR count). The summed E-state index contributed by atoms with van der Waals surface area (Å²) in [6.45, 7) is 12.8. The van der Waals surface area contributed by atoms with E-state index >= 15 is 0 Å². The lowest BCUT2D eigenvalue weighted by molar-refractivity contribution is 0.434. The molecule has 133 heavy (non-hydrogen) atoms. The van der Waals surface area contributed by atoms with Crippen molar-refractivity contribution in [1.82, 2.24) is 29.9 Å². The SMILES string of the molecule is C1CC1.CCC.CCC.CCC.N#CC(C#N)=c1c(F)c(F)c(=C(C#N)C#N)c(F)c1F.N#CC(C#N)=c1c(F)c(F)c2c(F)c(=C(C#N)C#N)c(F)c(F)c2c1F.N#CCc1c(F)c(F)c(C#N)c(F)c1F.N#CCc1c(F)c(F)c(C#N)c(F)c1F.N#CCc1c(F)c(F)c(C#N)c(F)c1F.N#Cc1nc2c3nc(C#N)c(C#N)nc3c3nc(C#N)c(C#N)nc3c2nc1C#N.[2HH].[2H][2H].[HH].[HH]. The van der Waals surface area contributed by atoms with E-state index in [1.54, 1.807) is 36.4 Å². The fourth-order valence-electron chi connectivity index (χ4n) is 9.36. The molecular formula is C85H44F22N26. The van der Waals surface area contributed by atoms with Crippen molar-refractivity contribution in [2.24, 2.45) is 0 Å². The third-order valence-electron chi connectivity index (χ3n) is 15.1. The number of hydrogen-bond donors (Lipinski definition) is 0. The van der Waals surface area contributed by atoms with Gasteiger partial charge in [0.2, 0.25) is 0 Å². The Labute approximate surface area is 739 Å². The van der Waals surface area contributed by atoms with E-state index in [4.69, 9.17) is 76.6 Å². The minimum absolute atomic E-state index is 0. The number of halogens is 22. The Kier molecular flexibility index (Phi) is 41.4. The lowest BCUT2D eigenvalue weighted by atomic mass is 10.0. The van der Waals surface area contributed by atoms with E-state index in [-0.39, 0.29) is 71.5 Å². The average Bonchev–Trinajstić information content (AvgIpc) is 0.827. The zero-order valence-corrected chi connectivity index (χ0v) is 67.3. The van der Waals surface area contributed by atoms with Crippen molar-refractivity contribution in [3.05, 3.63) is 216 Å². The molecule has 0 aliphatic heterocycles. The van der Waals surface area contributed by atoms with Gasteiger partial charge in [0, 0.05) is 23.9 Å². The molecule has 3 aromatic heterocycles. The van der Waals surface area contributed by atoms with Crippen LogP contribution in [0.5, 0.6) is 0 Å². The van der Waals surface area contributed by atoms with Crippen molar-refractivity contribution in [3.8, 4) is 121 Å². The van der Waals surface area contributed by atoms with E-state index in [1.165, 1.54) is 56.7 Å². The number of aromatic nitrogens is 6. The molecule has 48 heteroatoms. The van der Waals surface area contributed by atoms with Crippen LogP contribution < -0.4 is 20.9 Å². The molecule has 1 saturated carbocycles. The Balaban J connectivity index is -0.00000156. The molecule has 0 spiro atoms. The van der Waals surface area contributed by atoms with Crippen molar-refractivity contribution < 1.29 is 104 Å². The molecule has 0 bridgehead atoms. The van der Waals surface area contributed by atoms with Crippen LogP contribution in [0.3, 0.4) is 0 Å². The summed E-state index contributed by atoms with van der Waals surface area (Å²) in [6.07, 6.45) is 5.83. The third kappa shape index (κ3) is 23.8. The quantitative estimate of drug-likeness (QED) is 0.0900. The predicted octanol–water partition coefficient (Wildman–Crippen LogP) is 16.4. The van der Waals surface area contributed by atoms with E-state index in [0.717, 1.165) is 66.8 Å². The third-order valence-corrected chi connectivity index (χ3v) is 15.1. The number of hydrogen-bond acceptors (Lipinski definition) is 26. The number of rotatable bonds is 3.